The Morgan fingerprint density at radius 3 is 2.72 bits per heavy atom. The Balaban J connectivity index is 2.70. The van der Waals surface area contributed by atoms with Gasteiger partial charge < -0.3 is 19.8 Å². The van der Waals surface area contributed by atoms with Crippen LogP contribution in [0.3, 0.4) is 0 Å². The molecule has 0 amide bonds. The molecule has 18 heavy (non-hydrogen) atoms. The van der Waals surface area contributed by atoms with Crippen LogP contribution in [0.15, 0.2) is 23.4 Å². The molecule has 1 aromatic carbocycles. The molecular weight excluding hydrogens is 238 g/mol. The quantitative estimate of drug-likeness (QED) is 0.359. The van der Waals surface area contributed by atoms with Gasteiger partial charge in [-0.1, -0.05) is 5.16 Å². The molecule has 98 valence electrons. The first-order valence-electron chi connectivity index (χ1n) is 5.39. The van der Waals surface area contributed by atoms with E-state index >= 15 is 0 Å². The van der Waals surface area contributed by atoms with Crippen LogP contribution < -0.4 is 4.74 Å². The number of esters is 1. The molecule has 0 aromatic heterocycles. The summed E-state index contributed by atoms with van der Waals surface area (Å²) >= 11 is 0. The Hall–Kier alpha value is -2.24. The highest BCUT2D eigenvalue weighted by Crippen LogP contribution is 2.24. The van der Waals surface area contributed by atoms with Crippen LogP contribution in [0.25, 0.3) is 0 Å². The van der Waals surface area contributed by atoms with Gasteiger partial charge in [0.2, 0.25) is 0 Å². The van der Waals surface area contributed by atoms with Crippen LogP contribution in [-0.2, 0) is 9.53 Å². The standard InChI is InChI=1S/C12H15NO5/c1-3-17-12(15)7-18-9-4-5-10(8(2)13-16)11(14)6-9/h4-6,14,16H,3,7H2,1-2H3/b13-8-. The summed E-state index contributed by atoms with van der Waals surface area (Å²) < 4.78 is 9.83. The van der Waals surface area contributed by atoms with E-state index < -0.39 is 5.97 Å². The highest BCUT2D eigenvalue weighted by Gasteiger charge is 2.08. The number of ether oxygens (including phenoxy) is 2. The maximum atomic E-state index is 11.1. The van der Waals surface area contributed by atoms with Crippen molar-refractivity contribution in [2.24, 2.45) is 5.16 Å². The lowest BCUT2D eigenvalue weighted by atomic mass is 10.1. The summed E-state index contributed by atoms with van der Waals surface area (Å²) in [6.07, 6.45) is 0. The van der Waals surface area contributed by atoms with Gasteiger partial charge in [0, 0.05) is 11.6 Å². The first-order valence-corrected chi connectivity index (χ1v) is 5.39. The third-order valence-corrected chi connectivity index (χ3v) is 2.17. The minimum atomic E-state index is -0.478. The normalized spacial score (nSPS) is 11.1. The van der Waals surface area contributed by atoms with Gasteiger partial charge in [-0.05, 0) is 26.0 Å². The maximum absolute atomic E-state index is 11.1. The largest absolute Gasteiger partial charge is 0.507 e. The zero-order valence-electron chi connectivity index (χ0n) is 10.2. The van der Waals surface area contributed by atoms with E-state index in [1.54, 1.807) is 19.9 Å². The Bertz CT molecular complexity index is 456. The molecular formula is C12H15NO5. The van der Waals surface area contributed by atoms with E-state index in [9.17, 15) is 9.90 Å². The highest BCUT2D eigenvalue weighted by molar-refractivity contribution is 6.00. The van der Waals surface area contributed by atoms with Crippen LogP contribution in [0, 0.1) is 0 Å². The van der Waals surface area contributed by atoms with E-state index in [-0.39, 0.29) is 18.1 Å². The van der Waals surface area contributed by atoms with Gasteiger partial charge in [-0.25, -0.2) is 4.79 Å². The molecule has 0 saturated carbocycles. The molecule has 0 spiro atoms. The zero-order valence-corrected chi connectivity index (χ0v) is 10.2. The maximum Gasteiger partial charge on any atom is 0.344 e. The van der Waals surface area contributed by atoms with Crippen molar-refractivity contribution in [3.8, 4) is 11.5 Å². The number of phenols is 1. The summed E-state index contributed by atoms with van der Waals surface area (Å²) in [4.78, 5) is 11.1. The molecule has 2 N–H and O–H groups in total. The lowest BCUT2D eigenvalue weighted by molar-refractivity contribution is -0.145. The van der Waals surface area contributed by atoms with Crippen molar-refractivity contribution in [1.82, 2.24) is 0 Å². The molecule has 6 heteroatoms. The predicted molar refractivity (Wildman–Crippen MR) is 64.2 cm³/mol. The first-order chi connectivity index (χ1) is 8.58. The molecule has 0 atom stereocenters. The minimum absolute atomic E-state index is 0.0911. The van der Waals surface area contributed by atoms with Crippen LogP contribution in [-0.4, -0.2) is 35.2 Å². The van der Waals surface area contributed by atoms with Gasteiger partial charge in [-0.3, -0.25) is 0 Å². The number of rotatable bonds is 5. The van der Waals surface area contributed by atoms with Crippen molar-refractivity contribution in [1.29, 1.82) is 0 Å². The number of carbonyl (C=O) groups excluding carboxylic acids is 1. The second kappa shape index (κ2) is 6.48. The molecule has 0 aliphatic rings. The lowest BCUT2D eigenvalue weighted by Gasteiger charge is -2.08. The van der Waals surface area contributed by atoms with Gasteiger partial charge in [0.15, 0.2) is 6.61 Å². The molecule has 1 rings (SSSR count). The van der Waals surface area contributed by atoms with Gasteiger partial charge in [0.1, 0.15) is 11.5 Å². The van der Waals surface area contributed by atoms with Crippen LogP contribution in [0.5, 0.6) is 11.5 Å². The summed E-state index contributed by atoms with van der Waals surface area (Å²) in [7, 11) is 0. The fourth-order valence-corrected chi connectivity index (χ4v) is 1.31. The van der Waals surface area contributed by atoms with E-state index in [1.807, 2.05) is 0 Å². The molecule has 0 saturated heterocycles. The van der Waals surface area contributed by atoms with Gasteiger partial charge in [0.25, 0.3) is 0 Å². The molecule has 6 nitrogen and oxygen atoms in total. The van der Waals surface area contributed by atoms with Crippen LogP contribution in [0.2, 0.25) is 0 Å². The summed E-state index contributed by atoms with van der Waals surface area (Å²) in [6, 6.07) is 4.43. The molecule has 0 aliphatic carbocycles. The van der Waals surface area contributed by atoms with Crippen molar-refractivity contribution in [2.75, 3.05) is 13.2 Å². The van der Waals surface area contributed by atoms with E-state index in [2.05, 4.69) is 5.16 Å². The van der Waals surface area contributed by atoms with Gasteiger partial charge in [-0.2, -0.15) is 0 Å². The number of aromatic hydroxyl groups is 1. The predicted octanol–water partition coefficient (Wildman–Crippen LogP) is 1.53. The Kier molecular flexibility index (Phi) is 4.98. The number of carbonyl (C=O) groups is 1. The van der Waals surface area contributed by atoms with Crippen molar-refractivity contribution >= 4 is 11.7 Å². The Morgan fingerprint density at radius 1 is 1.44 bits per heavy atom. The average molecular weight is 253 g/mol. The minimum Gasteiger partial charge on any atom is -0.507 e. The first kappa shape index (κ1) is 13.8. The number of hydrogen-bond donors (Lipinski definition) is 2. The van der Waals surface area contributed by atoms with E-state index in [1.165, 1.54) is 12.1 Å². The van der Waals surface area contributed by atoms with Gasteiger partial charge >= 0.3 is 5.97 Å². The Labute approximate surface area is 104 Å². The average Bonchev–Trinajstić information content (AvgIpc) is 2.36. The number of nitrogens with zero attached hydrogens (tertiary/aromatic N) is 1. The molecule has 0 bridgehead atoms. The fraction of sp³-hybridized carbons (Fsp3) is 0.333. The number of benzene rings is 1. The summed E-state index contributed by atoms with van der Waals surface area (Å²) in [5.41, 5.74) is 0.672. The monoisotopic (exact) mass is 253 g/mol. The van der Waals surface area contributed by atoms with E-state index in [4.69, 9.17) is 14.7 Å². The topological polar surface area (TPSA) is 88.4 Å². The SMILES string of the molecule is CCOC(=O)COc1ccc(/C(C)=N\O)c(O)c1. The molecule has 0 unspecified atom stereocenters. The number of oxime groups is 1. The van der Waals surface area contributed by atoms with E-state index in [0.717, 1.165) is 0 Å². The second-order valence-corrected chi connectivity index (χ2v) is 3.46. The fourth-order valence-electron chi connectivity index (χ4n) is 1.31. The third kappa shape index (κ3) is 3.65. The summed E-state index contributed by atoms with van der Waals surface area (Å²) in [5, 5.41) is 21.3. The molecule has 0 aliphatic heterocycles. The molecule has 0 radical (unpaired) electrons. The lowest BCUT2D eigenvalue weighted by Crippen LogP contribution is -2.14. The zero-order chi connectivity index (χ0) is 13.5. The van der Waals surface area contributed by atoms with Crippen molar-refractivity contribution in [3.63, 3.8) is 0 Å². The number of hydrogen-bond acceptors (Lipinski definition) is 6. The van der Waals surface area contributed by atoms with Gasteiger partial charge in [-0.15, -0.1) is 0 Å². The smallest absolute Gasteiger partial charge is 0.344 e. The molecule has 1 aromatic rings. The van der Waals surface area contributed by atoms with Crippen LogP contribution >= 0.6 is 0 Å². The van der Waals surface area contributed by atoms with Gasteiger partial charge in [0.05, 0.1) is 12.3 Å². The molecule has 0 heterocycles. The second-order valence-electron chi connectivity index (χ2n) is 3.46. The highest BCUT2D eigenvalue weighted by atomic mass is 16.6. The molecule has 0 fully saturated rings. The third-order valence-electron chi connectivity index (χ3n) is 2.17. The van der Waals surface area contributed by atoms with Crippen molar-refractivity contribution in [3.05, 3.63) is 23.8 Å². The van der Waals surface area contributed by atoms with E-state index in [0.29, 0.717) is 17.9 Å². The van der Waals surface area contributed by atoms with Crippen LogP contribution in [0.1, 0.15) is 19.4 Å². The number of phenolic OH excluding ortho intramolecular Hbond substituents is 1. The summed E-state index contributed by atoms with van der Waals surface area (Å²) in [6.45, 7) is 3.32. The van der Waals surface area contributed by atoms with Crippen molar-refractivity contribution in [2.45, 2.75) is 13.8 Å². The van der Waals surface area contributed by atoms with Crippen molar-refractivity contribution < 1.29 is 24.6 Å². The summed E-state index contributed by atoms with van der Waals surface area (Å²) in [5.74, 6) is -0.240. The Morgan fingerprint density at radius 2 is 2.17 bits per heavy atom. The van der Waals surface area contributed by atoms with Crippen LogP contribution in [0.4, 0.5) is 0 Å².